The number of anilines is 1. The molecule has 0 spiro atoms. The van der Waals surface area contributed by atoms with Crippen LogP contribution in [0.15, 0.2) is 71.1 Å². The van der Waals surface area contributed by atoms with Crippen molar-refractivity contribution in [2.75, 3.05) is 4.90 Å². The molecule has 0 unspecified atom stereocenters. The van der Waals surface area contributed by atoms with Crippen molar-refractivity contribution in [3.05, 3.63) is 91.9 Å². The van der Waals surface area contributed by atoms with E-state index in [9.17, 15) is 22.8 Å². The molecule has 8 nitrogen and oxygen atoms in total. The molecule has 1 fully saturated rings. The first-order valence-electron chi connectivity index (χ1n) is 9.82. The SMILES string of the molecule is O=C1NC(=O)N(c2ccc(Cl)cc2)C(=O)/C1=C/c1cc(Cl)cc(Cl)c1OS(=O)(=O)c1ccc(Cl)cc1. The van der Waals surface area contributed by atoms with E-state index in [0.29, 0.717) is 10.0 Å². The second kappa shape index (κ2) is 10.1. The molecular weight excluding hydrogens is 574 g/mol. The van der Waals surface area contributed by atoms with Gasteiger partial charge < -0.3 is 4.18 Å². The molecule has 1 saturated heterocycles. The number of carbonyl (C=O) groups is 3. The number of urea groups is 1. The van der Waals surface area contributed by atoms with E-state index in [-0.39, 0.29) is 31.9 Å². The zero-order valence-corrected chi connectivity index (χ0v) is 21.5. The molecular formula is C23H12Cl4N2O6S. The predicted octanol–water partition coefficient (Wildman–Crippen LogP) is 5.73. The highest BCUT2D eigenvalue weighted by Gasteiger charge is 2.37. The summed E-state index contributed by atoms with van der Waals surface area (Å²) >= 11 is 24.0. The Hall–Kier alpha value is -3.08. The van der Waals surface area contributed by atoms with Crippen molar-refractivity contribution in [3.8, 4) is 5.75 Å². The summed E-state index contributed by atoms with van der Waals surface area (Å²) in [5.41, 5.74) is -0.461. The highest BCUT2D eigenvalue weighted by Crippen LogP contribution is 2.36. The number of barbiturate groups is 1. The van der Waals surface area contributed by atoms with Crippen molar-refractivity contribution < 1.29 is 27.0 Å². The van der Waals surface area contributed by atoms with Gasteiger partial charge in [0.1, 0.15) is 10.5 Å². The van der Waals surface area contributed by atoms with E-state index in [1.165, 1.54) is 60.7 Å². The van der Waals surface area contributed by atoms with E-state index in [2.05, 4.69) is 5.32 Å². The van der Waals surface area contributed by atoms with Crippen molar-refractivity contribution in [3.63, 3.8) is 0 Å². The van der Waals surface area contributed by atoms with Gasteiger partial charge in [-0.25, -0.2) is 9.69 Å². The van der Waals surface area contributed by atoms with E-state index in [0.717, 1.165) is 11.0 Å². The first-order valence-corrected chi connectivity index (χ1v) is 12.7. The number of benzene rings is 3. The van der Waals surface area contributed by atoms with Crippen LogP contribution in [-0.4, -0.2) is 26.3 Å². The number of amides is 4. The lowest BCUT2D eigenvalue weighted by Crippen LogP contribution is -2.54. The van der Waals surface area contributed by atoms with Gasteiger partial charge in [-0.1, -0.05) is 46.4 Å². The average molecular weight is 586 g/mol. The Labute approximate surface area is 225 Å². The van der Waals surface area contributed by atoms with Gasteiger partial charge in [0.2, 0.25) is 0 Å². The van der Waals surface area contributed by atoms with E-state index in [4.69, 9.17) is 50.6 Å². The maximum atomic E-state index is 13.2. The van der Waals surface area contributed by atoms with Crippen LogP contribution in [0.5, 0.6) is 5.75 Å². The minimum atomic E-state index is -4.40. The van der Waals surface area contributed by atoms with Crippen LogP contribution in [0.25, 0.3) is 6.08 Å². The Balaban J connectivity index is 1.78. The number of hydrogen-bond donors (Lipinski definition) is 1. The second-order valence-corrected chi connectivity index (χ2v) is 10.5. The summed E-state index contributed by atoms with van der Waals surface area (Å²) in [6, 6.07) is 12.4. The summed E-state index contributed by atoms with van der Waals surface area (Å²) in [5.74, 6) is -2.38. The fourth-order valence-electron chi connectivity index (χ4n) is 3.17. The number of halogens is 4. The van der Waals surface area contributed by atoms with Crippen molar-refractivity contribution in [1.29, 1.82) is 0 Å². The Morgan fingerprint density at radius 2 is 1.39 bits per heavy atom. The van der Waals surface area contributed by atoms with Crippen LogP contribution < -0.4 is 14.4 Å². The number of carbonyl (C=O) groups excluding carboxylic acids is 3. The maximum absolute atomic E-state index is 13.2. The normalized spacial score (nSPS) is 15.3. The third-order valence-electron chi connectivity index (χ3n) is 4.82. The number of nitrogens with zero attached hydrogens (tertiary/aromatic N) is 1. The van der Waals surface area contributed by atoms with Crippen LogP contribution in [0.3, 0.4) is 0 Å². The smallest absolute Gasteiger partial charge is 0.339 e. The van der Waals surface area contributed by atoms with E-state index in [1.54, 1.807) is 0 Å². The van der Waals surface area contributed by atoms with Crippen molar-refractivity contribution in [2.45, 2.75) is 4.90 Å². The number of nitrogens with one attached hydrogen (secondary N) is 1. The topological polar surface area (TPSA) is 110 Å². The minimum absolute atomic E-state index is 0.0670. The zero-order chi connectivity index (χ0) is 26.2. The molecule has 1 aliphatic heterocycles. The Morgan fingerprint density at radius 1 is 0.806 bits per heavy atom. The van der Waals surface area contributed by atoms with Gasteiger partial charge in [-0.15, -0.1) is 0 Å². The third-order valence-corrected chi connectivity index (χ3v) is 7.06. The number of rotatable bonds is 5. The molecule has 184 valence electrons. The molecule has 4 amide bonds. The Kier molecular flexibility index (Phi) is 7.31. The van der Waals surface area contributed by atoms with Gasteiger partial charge in [0, 0.05) is 20.6 Å². The molecule has 1 heterocycles. The summed E-state index contributed by atoms with van der Waals surface area (Å²) in [6.45, 7) is 0. The maximum Gasteiger partial charge on any atom is 0.339 e. The van der Waals surface area contributed by atoms with Crippen LogP contribution in [-0.2, 0) is 19.7 Å². The quantitative estimate of drug-likeness (QED) is 0.232. The number of imide groups is 2. The first-order chi connectivity index (χ1) is 17.0. The lowest BCUT2D eigenvalue weighted by Gasteiger charge is -2.26. The Bertz CT molecular complexity index is 1540. The summed E-state index contributed by atoms with van der Waals surface area (Å²) in [7, 11) is -4.40. The standard InChI is InChI=1S/C23H12Cl4N2O6S/c24-13-1-5-16(6-2-13)29-22(31)18(21(30)28-23(29)32)10-12-9-15(26)11-19(27)20(12)35-36(33,34)17-7-3-14(25)4-8-17/h1-11H,(H,28,30,32)/b18-10+. The largest absolute Gasteiger partial charge is 0.377 e. The van der Waals surface area contributed by atoms with Gasteiger partial charge >= 0.3 is 16.1 Å². The fraction of sp³-hybridized carbons (Fsp3) is 0. The molecule has 1 N–H and O–H groups in total. The van der Waals surface area contributed by atoms with Crippen LogP contribution in [0.4, 0.5) is 10.5 Å². The molecule has 0 radical (unpaired) electrons. The summed E-state index contributed by atoms with van der Waals surface area (Å²) in [6.07, 6.45) is 1.03. The molecule has 3 aromatic rings. The lowest BCUT2D eigenvalue weighted by molar-refractivity contribution is -0.122. The molecule has 3 aromatic carbocycles. The molecule has 0 saturated carbocycles. The highest BCUT2D eigenvalue weighted by molar-refractivity contribution is 7.87. The van der Waals surface area contributed by atoms with Gasteiger partial charge in [-0.2, -0.15) is 8.42 Å². The number of hydrogen-bond acceptors (Lipinski definition) is 6. The van der Waals surface area contributed by atoms with Crippen molar-refractivity contribution in [2.24, 2.45) is 0 Å². The third kappa shape index (κ3) is 5.35. The van der Waals surface area contributed by atoms with Crippen LogP contribution in [0, 0.1) is 0 Å². The molecule has 0 bridgehead atoms. The molecule has 13 heteroatoms. The second-order valence-electron chi connectivity index (χ2n) is 7.23. The molecule has 0 aliphatic carbocycles. The van der Waals surface area contributed by atoms with Gasteiger partial charge in [-0.05, 0) is 66.7 Å². The fourth-order valence-corrected chi connectivity index (χ4v) is 4.99. The molecule has 1 aliphatic rings. The van der Waals surface area contributed by atoms with Crippen LogP contribution >= 0.6 is 46.4 Å². The van der Waals surface area contributed by atoms with E-state index >= 15 is 0 Å². The van der Waals surface area contributed by atoms with E-state index < -0.39 is 33.5 Å². The Morgan fingerprint density at radius 3 is 2.00 bits per heavy atom. The van der Waals surface area contributed by atoms with Gasteiger partial charge in [-0.3, -0.25) is 14.9 Å². The van der Waals surface area contributed by atoms with Gasteiger partial charge in [0.15, 0.2) is 5.75 Å². The summed E-state index contributed by atoms with van der Waals surface area (Å²) in [5, 5.41) is 2.60. The van der Waals surface area contributed by atoms with Crippen molar-refractivity contribution in [1.82, 2.24) is 5.32 Å². The highest BCUT2D eigenvalue weighted by atomic mass is 35.5. The van der Waals surface area contributed by atoms with Crippen LogP contribution in [0.2, 0.25) is 20.1 Å². The van der Waals surface area contributed by atoms with Gasteiger partial charge in [0.05, 0.1) is 10.7 Å². The van der Waals surface area contributed by atoms with Crippen LogP contribution in [0.1, 0.15) is 5.56 Å². The molecule has 36 heavy (non-hydrogen) atoms. The predicted molar refractivity (Wildman–Crippen MR) is 136 cm³/mol. The molecule has 0 atom stereocenters. The van der Waals surface area contributed by atoms with Crippen molar-refractivity contribution >= 4 is 86.1 Å². The monoisotopic (exact) mass is 584 g/mol. The molecule has 0 aromatic heterocycles. The first kappa shape index (κ1) is 26.0. The van der Waals surface area contributed by atoms with Gasteiger partial charge in [0.25, 0.3) is 11.8 Å². The summed E-state index contributed by atoms with van der Waals surface area (Å²) < 4.78 is 30.9. The zero-order valence-electron chi connectivity index (χ0n) is 17.7. The minimum Gasteiger partial charge on any atom is -0.377 e. The lowest BCUT2D eigenvalue weighted by atomic mass is 10.1. The van der Waals surface area contributed by atoms with E-state index in [1.807, 2.05) is 0 Å². The average Bonchev–Trinajstić information content (AvgIpc) is 2.80. The summed E-state index contributed by atoms with van der Waals surface area (Å²) in [4.78, 5) is 38.6. The molecule has 4 rings (SSSR count).